The van der Waals surface area contributed by atoms with E-state index < -0.39 is 28.6 Å². The number of carbonyl (C=O) groups excluding carboxylic acids is 1. The van der Waals surface area contributed by atoms with Gasteiger partial charge in [0.05, 0.1) is 23.7 Å². The SMILES string of the molecule is CCO/N=C1/C(=O)N(CCN2CCN(c3c(F)cc4c(=O)c(C(=O)O)cn(C5CC5)c4c3OC)CC2)c2ccc(F)cc21. The van der Waals surface area contributed by atoms with Gasteiger partial charge in [-0.05, 0) is 44.0 Å². The number of rotatable bonds is 9. The molecule has 3 heterocycles. The van der Waals surface area contributed by atoms with E-state index >= 15 is 4.39 Å². The van der Waals surface area contributed by atoms with E-state index in [-0.39, 0.29) is 41.1 Å². The van der Waals surface area contributed by atoms with E-state index in [1.165, 1.54) is 25.4 Å². The number of hydrogen-bond acceptors (Lipinski definition) is 8. The minimum Gasteiger partial charge on any atom is -0.492 e. The summed E-state index contributed by atoms with van der Waals surface area (Å²) >= 11 is 0. The van der Waals surface area contributed by atoms with Crippen molar-refractivity contribution in [2.24, 2.45) is 5.16 Å². The fourth-order valence-electron chi connectivity index (χ4n) is 5.89. The van der Waals surface area contributed by atoms with Crippen molar-refractivity contribution in [3.63, 3.8) is 0 Å². The minimum atomic E-state index is -1.36. The molecule has 226 valence electrons. The summed E-state index contributed by atoms with van der Waals surface area (Å²) in [6.07, 6.45) is 2.98. The van der Waals surface area contributed by atoms with Crippen LogP contribution in [0.1, 0.15) is 41.7 Å². The fraction of sp³-hybridized carbons (Fsp3) is 0.400. The Hall–Kier alpha value is -4.52. The van der Waals surface area contributed by atoms with E-state index in [9.17, 15) is 23.9 Å². The fourth-order valence-corrected chi connectivity index (χ4v) is 5.89. The molecular formula is C30H31F2N5O6. The lowest BCUT2D eigenvalue weighted by atomic mass is 10.1. The Morgan fingerprint density at radius 3 is 2.49 bits per heavy atom. The van der Waals surface area contributed by atoms with E-state index in [1.54, 1.807) is 22.5 Å². The van der Waals surface area contributed by atoms with Crippen molar-refractivity contribution >= 4 is 39.9 Å². The molecule has 0 bridgehead atoms. The molecule has 13 heteroatoms. The number of aromatic nitrogens is 1. The van der Waals surface area contributed by atoms with E-state index in [4.69, 9.17) is 9.57 Å². The number of pyridine rings is 1. The van der Waals surface area contributed by atoms with Crippen molar-refractivity contribution in [1.29, 1.82) is 0 Å². The second-order valence-electron chi connectivity index (χ2n) is 10.8. The second kappa shape index (κ2) is 11.3. The molecule has 2 aliphatic heterocycles. The van der Waals surface area contributed by atoms with Crippen LogP contribution in [0.5, 0.6) is 5.75 Å². The minimum absolute atomic E-state index is 0.0132. The molecular weight excluding hydrogens is 564 g/mol. The first-order valence-corrected chi connectivity index (χ1v) is 14.2. The summed E-state index contributed by atoms with van der Waals surface area (Å²) in [7, 11) is 1.42. The van der Waals surface area contributed by atoms with Gasteiger partial charge in [0, 0.05) is 57.1 Å². The normalized spacial score (nSPS) is 18.0. The van der Waals surface area contributed by atoms with E-state index in [0.717, 1.165) is 18.9 Å². The number of anilines is 2. The van der Waals surface area contributed by atoms with Crippen LogP contribution in [0.25, 0.3) is 10.9 Å². The summed E-state index contributed by atoms with van der Waals surface area (Å²) in [5, 5.41) is 13.5. The Kier molecular flexibility index (Phi) is 7.50. The first-order valence-electron chi connectivity index (χ1n) is 14.2. The average Bonchev–Trinajstić information content (AvgIpc) is 3.80. The number of oxime groups is 1. The maximum atomic E-state index is 15.7. The van der Waals surface area contributed by atoms with Crippen molar-refractivity contribution in [2.45, 2.75) is 25.8 Å². The van der Waals surface area contributed by atoms with Gasteiger partial charge in [-0.2, -0.15) is 0 Å². The molecule has 1 amide bonds. The van der Waals surface area contributed by atoms with Crippen molar-refractivity contribution < 1.29 is 33.1 Å². The standard InChI is InChI=1S/C30H31F2N5O6/c1-3-43-33-24-19-14-17(31)4-7-23(19)36(29(24)39)13-10-34-8-11-35(12-9-34)26-22(32)15-20-25(28(26)42-2)37(18-5-6-18)16-21(27(20)38)30(40)41/h4,7,14-16,18H,3,5-6,8-13H2,1-2H3,(H,40,41)/b33-24+. The second-order valence-corrected chi connectivity index (χ2v) is 10.8. The highest BCUT2D eigenvalue weighted by Gasteiger charge is 2.36. The Bertz CT molecular complexity index is 1710. The molecule has 11 nitrogen and oxygen atoms in total. The number of nitrogens with zero attached hydrogens (tertiary/aromatic N) is 5. The number of hydrogen-bond donors (Lipinski definition) is 1. The molecule has 0 radical (unpaired) electrons. The van der Waals surface area contributed by atoms with Crippen LogP contribution in [0.4, 0.5) is 20.2 Å². The molecule has 43 heavy (non-hydrogen) atoms. The third-order valence-corrected chi connectivity index (χ3v) is 8.14. The number of piperazine rings is 1. The Morgan fingerprint density at radius 1 is 1.09 bits per heavy atom. The van der Waals surface area contributed by atoms with Crippen LogP contribution in [0.2, 0.25) is 0 Å². The molecule has 1 aliphatic carbocycles. The number of benzene rings is 2. The molecule has 2 fully saturated rings. The zero-order valence-electron chi connectivity index (χ0n) is 23.8. The zero-order valence-corrected chi connectivity index (χ0v) is 23.8. The quantitative estimate of drug-likeness (QED) is 0.375. The molecule has 1 saturated carbocycles. The van der Waals surface area contributed by atoms with Crippen molar-refractivity contribution in [3.05, 3.63) is 63.4 Å². The monoisotopic (exact) mass is 595 g/mol. The van der Waals surface area contributed by atoms with E-state index in [1.807, 2.05) is 4.90 Å². The van der Waals surface area contributed by atoms with Gasteiger partial charge in [0.15, 0.2) is 17.3 Å². The van der Waals surface area contributed by atoms with E-state index in [2.05, 4.69) is 10.1 Å². The highest BCUT2D eigenvalue weighted by atomic mass is 19.1. The number of methoxy groups -OCH3 is 1. The van der Waals surface area contributed by atoms with Gasteiger partial charge in [0.2, 0.25) is 5.43 Å². The van der Waals surface area contributed by atoms with Gasteiger partial charge in [0.1, 0.15) is 23.7 Å². The van der Waals surface area contributed by atoms with Gasteiger partial charge in [0.25, 0.3) is 5.91 Å². The summed E-state index contributed by atoms with van der Waals surface area (Å²) in [6.45, 7) is 4.91. The molecule has 0 unspecified atom stereocenters. The maximum absolute atomic E-state index is 15.7. The molecule has 0 spiro atoms. The van der Waals surface area contributed by atoms with Gasteiger partial charge in [-0.1, -0.05) is 5.16 Å². The number of carbonyl (C=O) groups is 2. The van der Waals surface area contributed by atoms with Gasteiger partial charge < -0.3 is 29.0 Å². The number of amides is 1. The molecule has 3 aliphatic rings. The molecule has 1 saturated heterocycles. The summed E-state index contributed by atoms with van der Waals surface area (Å²) in [5.41, 5.74) is 0.507. The lowest BCUT2D eigenvalue weighted by Gasteiger charge is -2.37. The first kappa shape index (κ1) is 28.6. The Morgan fingerprint density at radius 2 is 1.84 bits per heavy atom. The molecule has 3 aromatic rings. The Labute approximate surface area is 245 Å². The number of aromatic carboxylic acids is 1. The lowest BCUT2D eigenvalue weighted by Crippen LogP contribution is -2.49. The lowest BCUT2D eigenvalue weighted by molar-refractivity contribution is -0.112. The number of carboxylic acids is 1. The van der Waals surface area contributed by atoms with Crippen LogP contribution in [0, 0.1) is 11.6 Å². The Balaban J connectivity index is 1.21. The molecule has 1 N–H and O–H groups in total. The highest BCUT2D eigenvalue weighted by molar-refractivity contribution is 6.54. The topological polar surface area (TPSA) is 117 Å². The summed E-state index contributed by atoms with van der Waals surface area (Å²) in [6, 6.07) is 5.27. The van der Waals surface area contributed by atoms with Crippen LogP contribution in [-0.4, -0.2) is 85.1 Å². The number of fused-ring (bicyclic) bond motifs is 2. The zero-order chi connectivity index (χ0) is 30.4. The molecule has 6 rings (SSSR count). The third-order valence-electron chi connectivity index (χ3n) is 8.14. The predicted octanol–water partition coefficient (Wildman–Crippen LogP) is 3.23. The van der Waals surface area contributed by atoms with Crippen LogP contribution in [0.15, 0.2) is 40.4 Å². The molecule has 1 aromatic heterocycles. The van der Waals surface area contributed by atoms with Gasteiger partial charge in [-0.25, -0.2) is 13.6 Å². The highest BCUT2D eigenvalue weighted by Crippen LogP contribution is 2.44. The molecule has 0 atom stereocenters. The van der Waals surface area contributed by atoms with Crippen LogP contribution < -0.4 is 20.0 Å². The number of ether oxygens (including phenoxy) is 1. The van der Waals surface area contributed by atoms with Gasteiger partial charge >= 0.3 is 5.97 Å². The maximum Gasteiger partial charge on any atom is 0.341 e. The van der Waals surface area contributed by atoms with Crippen LogP contribution >= 0.6 is 0 Å². The smallest absolute Gasteiger partial charge is 0.341 e. The van der Waals surface area contributed by atoms with Crippen molar-refractivity contribution in [2.75, 3.05) is 62.8 Å². The predicted molar refractivity (Wildman–Crippen MR) is 156 cm³/mol. The van der Waals surface area contributed by atoms with Crippen LogP contribution in [0.3, 0.4) is 0 Å². The average molecular weight is 596 g/mol. The largest absolute Gasteiger partial charge is 0.492 e. The molecule has 2 aromatic carbocycles. The van der Waals surface area contributed by atoms with Crippen molar-refractivity contribution in [3.8, 4) is 5.75 Å². The van der Waals surface area contributed by atoms with Crippen LogP contribution in [-0.2, 0) is 9.63 Å². The summed E-state index contributed by atoms with van der Waals surface area (Å²) < 4.78 is 37.1. The third kappa shape index (κ3) is 5.07. The van der Waals surface area contributed by atoms with E-state index in [0.29, 0.717) is 56.0 Å². The summed E-state index contributed by atoms with van der Waals surface area (Å²) in [4.78, 5) is 48.5. The number of halogens is 2. The van der Waals surface area contributed by atoms with Crippen molar-refractivity contribution in [1.82, 2.24) is 9.47 Å². The first-order chi connectivity index (χ1) is 20.7. The van der Waals surface area contributed by atoms with Gasteiger partial charge in [-0.3, -0.25) is 14.5 Å². The number of carboxylic acid groups (broad SMARTS) is 1. The van der Waals surface area contributed by atoms with Gasteiger partial charge in [-0.15, -0.1) is 0 Å². The summed E-state index contributed by atoms with van der Waals surface area (Å²) in [5.74, 6) is -2.64.